The molecule has 0 aromatic heterocycles. The molecule has 0 saturated carbocycles. The highest BCUT2D eigenvalue weighted by Gasteiger charge is 2.34. The third-order valence-corrected chi connectivity index (χ3v) is 7.25. The molecule has 178 valence electrons. The number of hydrogen-bond donors (Lipinski definition) is 1. The van der Waals surface area contributed by atoms with Crippen LogP contribution < -0.4 is 10.1 Å². The number of anilines is 1. The molecule has 1 atom stereocenters. The predicted molar refractivity (Wildman–Crippen MR) is 120 cm³/mol. The van der Waals surface area contributed by atoms with Crippen LogP contribution in [0.3, 0.4) is 0 Å². The van der Waals surface area contributed by atoms with Gasteiger partial charge in [0, 0.05) is 18.8 Å². The fraction of sp³-hybridized carbons (Fsp3) is 0.391. The first-order chi connectivity index (χ1) is 15.7. The number of benzene rings is 2. The molecule has 33 heavy (non-hydrogen) atoms. The van der Waals surface area contributed by atoms with Crippen LogP contribution in [0.5, 0.6) is 5.75 Å². The number of piperidine rings is 1. The molecular formula is C23H27FN2O6S. The molecule has 8 nitrogen and oxygen atoms in total. The quantitative estimate of drug-likeness (QED) is 0.585. The molecule has 1 aliphatic heterocycles. The van der Waals surface area contributed by atoms with Crippen LogP contribution in [0, 0.1) is 11.7 Å². The van der Waals surface area contributed by atoms with Gasteiger partial charge in [0.25, 0.3) is 5.91 Å². The van der Waals surface area contributed by atoms with E-state index in [9.17, 15) is 22.4 Å². The summed E-state index contributed by atoms with van der Waals surface area (Å²) in [5.41, 5.74) is 0.386. The molecule has 2 aromatic carbocycles. The van der Waals surface area contributed by atoms with Gasteiger partial charge in [-0.3, -0.25) is 9.59 Å². The molecule has 1 N–H and O–H groups in total. The Kier molecular flexibility index (Phi) is 8.04. The van der Waals surface area contributed by atoms with Gasteiger partial charge in [-0.15, -0.1) is 0 Å². The van der Waals surface area contributed by atoms with Gasteiger partial charge in [0.1, 0.15) is 11.6 Å². The first-order valence-corrected chi connectivity index (χ1v) is 12.1. The van der Waals surface area contributed by atoms with E-state index in [0.29, 0.717) is 30.9 Å². The SMILES string of the molecule is CCOc1ccc(S(=O)(=O)N2CCC(C(=O)OC(C)C(=O)Nc3ccc(F)cc3)CC2)cc1. The maximum absolute atomic E-state index is 13.0. The lowest BCUT2D eigenvalue weighted by atomic mass is 9.98. The van der Waals surface area contributed by atoms with Crippen molar-refractivity contribution in [2.75, 3.05) is 25.0 Å². The minimum absolute atomic E-state index is 0.165. The van der Waals surface area contributed by atoms with Crippen molar-refractivity contribution in [2.45, 2.75) is 37.7 Å². The largest absolute Gasteiger partial charge is 0.494 e. The van der Waals surface area contributed by atoms with Crippen LogP contribution in [0.15, 0.2) is 53.4 Å². The van der Waals surface area contributed by atoms with Crippen molar-refractivity contribution in [1.29, 1.82) is 0 Å². The Morgan fingerprint density at radius 3 is 2.27 bits per heavy atom. The highest BCUT2D eigenvalue weighted by Crippen LogP contribution is 2.26. The molecule has 1 unspecified atom stereocenters. The Labute approximate surface area is 192 Å². The molecule has 3 rings (SSSR count). The fourth-order valence-corrected chi connectivity index (χ4v) is 4.93. The molecule has 10 heteroatoms. The second-order valence-electron chi connectivity index (χ2n) is 7.66. The molecule has 2 aromatic rings. The summed E-state index contributed by atoms with van der Waals surface area (Å²) in [5.74, 6) is -1.42. The van der Waals surface area contributed by atoms with Crippen molar-refractivity contribution in [3.8, 4) is 5.75 Å². The monoisotopic (exact) mass is 478 g/mol. The summed E-state index contributed by atoms with van der Waals surface area (Å²) in [5, 5.41) is 2.55. The van der Waals surface area contributed by atoms with Crippen LogP contribution in [-0.2, 0) is 24.3 Å². The van der Waals surface area contributed by atoms with Crippen molar-refractivity contribution in [2.24, 2.45) is 5.92 Å². The molecule has 1 aliphatic rings. The minimum atomic E-state index is -3.68. The van der Waals surface area contributed by atoms with Crippen LogP contribution in [0.1, 0.15) is 26.7 Å². The van der Waals surface area contributed by atoms with Gasteiger partial charge in [0.2, 0.25) is 10.0 Å². The van der Waals surface area contributed by atoms with E-state index in [1.54, 1.807) is 12.1 Å². The summed E-state index contributed by atoms with van der Waals surface area (Å²) in [4.78, 5) is 24.9. The van der Waals surface area contributed by atoms with E-state index in [2.05, 4.69) is 5.32 Å². The smallest absolute Gasteiger partial charge is 0.309 e. The Morgan fingerprint density at radius 2 is 1.70 bits per heavy atom. The summed E-state index contributed by atoms with van der Waals surface area (Å²) in [7, 11) is -3.68. The summed E-state index contributed by atoms with van der Waals surface area (Å²) >= 11 is 0. The van der Waals surface area contributed by atoms with Gasteiger partial charge in [0.15, 0.2) is 6.10 Å². The highest BCUT2D eigenvalue weighted by molar-refractivity contribution is 7.89. The van der Waals surface area contributed by atoms with Gasteiger partial charge in [-0.25, -0.2) is 12.8 Å². The number of rotatable bonds is 8. The van der Waals surface area contributed by atoms with E-state index in [1.807, 2.05) is 6.92 Å². The second-order valence-corrected chi connectivity index (χ2v) is 9.60. The number of nitrogens with zero attached hydrogens (tertiary/aromatic N) is 1. The average molecular weight is 479 g/mol. The predicted octanol–water partition coefficient (Wildman–Crippen LogP) is 3.20. The molecule has 0 bridgehead atoms. The Morgan fingerprint density at radius 1 is 1.09 bits per heavy atom. The number of carbonyl (C=O) groups is 2. The van der Waals surface area contributed by atoms with E-state index in [4.69, 9.17) is 9.47 Å². The third-order valence-electron chi connectivity index (χ3n) is 5.33. The maximum atomic E-state index is 13.0. The number of esters is 1. The fourth-order valence-electron chi connectivity index (χ4n) is 3.46. The molecule has 1 saturated heterocycles. The van der Waals surface area contributed by atoms with Crippen LogP contribution in [0.2, 0.25) is 0 Å². The number of carbonyl (C=O) groups excluding carboxylic acids is 2. The second kappa shape index (κ2) is 10.8. The lowest BCUT2D eigenvalue weighted by Gasteiger charge is -2.30. The summed E-state index contributed by atoms with van der Waals surface area (Å²) < 4.78 is 50.7. The van der Waals surface area contributed by atoms with Crippen molar-refractivity contribution in [3.05, 3.63) is 54.3 Å². The zero-order valence-electron chi connectivity index (χ0n) is 18.5. The summed E-state index contributed by atoms with van der Waals surface area (Å²) in [6.07, 6.45) is -0.462. The lowest BCUT2D eigenvalue weighted by molar-refractivity contribution is -0.158. The average Bonchev–Trinajstić information content (AvgIpc) is 2.81. The first-order valence-electron chi connectivity index (χ1n) is 10.7. The van der Waals surface area contributed by atoms with Gasteiger partial charge < -0.3 is 14.8 Å². The Bertz CT molecular complexity index is 1070. The van der Waals surface area contributed by atoms with E-state index >= 15 is 0 Å². The highest BCUT2D eigenvalue weighted by atomic mass is 32.2. The van der Waals surface area contributed by atoms with Crippen LogP contribution in [0.25, 0.3) is 0 Å². The number of hydrogen-bond acceptors (Lipinski definition) is 6. The van der Waals surface area contributed by atoms with E-state index in [0.717, 1.165) is 0 Å². The van der Waals surface area contributed by atoms with Gasteiger partial charge in [-0.05, 0) is 75.2 Å². The number of ether oxygens (including phenoxy) is 2. The van der Waals surface area contributed by atoms with E-state index in [-0.39, 0.29) is 18.0 Å². The van der Waals surface area contributed by atoms with E-state index in [1.165, 1.54) is 47.6 Å². The van der Waals surface area contributed by atoms with Crippen LogP contribution in [-0.4, -0.2) is 50.4 Å². The summed E-state index contributed by atoms with van der Waals surface area (Å²) in [6.45, 7) is 4.12. The maximum Gasteiger partial charge on any atom is 0.309 e. The lowest BCUT2D eigenvalue weighted by Crippen LogP contribution is -2.41. The molecule has 0 spiro atoms. The van der Waals surface area contributed by atoms with Crippen LogP contribution >= 0.6 is 0 Å². The topological polar surface area (TPSA) is 102 Å². The minimum Gasteiger partial charge on any atom is -0.494 e. The molecule has 1 fully saturated rings. The molecule has 0 radical (unpaired) electrons. The standard InChI is InChI=1S/C23H27FN2O6S/c1-3-31-20-8-10-21(11-9-20)33(29,30)26-14-12-17(13-15-26)23(28)32-16(2)22(27)25-19-6-4-18(24)5-7-19/h4-11,16-17H,3,12-15H2,1-2H3,(H,25,27). The first kappa shape index (κ1) is 24.7. The Balaban J connectivity index is 1.51. The van der Waals surface area contributed by atoms with Gasteiger partial charge >= 0.3 is 5.97 Å². The van der Waals surface area contributed by atoms with Crippen LogP contribution in [0.4, 0.5) is 10.1 Å². The zero-order chi connectivity index (χ0) is 24.0. The molecule has 1 heterocycles. The van der Waals surface area contributed by atoms with Gasteiger partial charge in [0.05, 0.1) is 17.4 Å². The molecular weight excluding hydrogens is 451 g/mol. The summed E-state index contributed by atoms with van der Waals surface area (Å²) in [6, 6.07) is 11.5. The van der Waals surface area contributed by atoms with Crippen molar-refractivity contribution in [3.63, 3.8) is 0 Å². The van der Waals surface area contributed by atoms with Crippen molar-refractivity contribution in [1.82, 2.24) is 4.31 Å². The number of nitrogens with one attached hydrogen (secondary N) is 1. The molecule has 0 aliphatic carbocycles. The zero-order valence-corrected chi connectivity index (χ0v) is 19.3. The number of halogens is 1. The van der Waals surface area contributed by atoms with Crippen molar-refractivity contribution < 1.29 is 31.9 Å². The third kappa shape index (κ3) is 6.29. The van der Waals surface area contributed by atoms with Gasteiger partial charge in [-0.2, -0.15) is 4.31 Å². The molecule has 1 amide bonds. The van der Waals surface area contributed by atoms with Gasteiger partial charge in [-0.1, -0.05) is 0 Å². The normalized spacial score (nSPS) is 16.1. The Hall–Kier alpha value is -2.98. The number of sulfonamides is 1. The van der Waals surface area contributed by atoms with Crippen molar-refractivity contribution >= 4 is 27.6 Å². The number of amides is 1. The van der Waals surface area contributed by atoms with E-state index < -0.39 is 39.7 Å².